The Morgan fingerprint density at radius 3 is 2.86 bits per heavy atom. The number of hydrogen-bond donors (Lipinski definition) is 1. The van der Waals surface area contributed by atoms with Gasteiger partial charge in [-0.2, -0.15) is 0 Å². The third kappa shape index (κ3) is 4.28. The van der Waals surface area contributed by atoms with Gasteiger partial charge in [0.1, 0.15) is 10.8 Å². The predicted molar refractivity (Wildman–Crippen MR) is 113 cm³/mol. The summed E-state index contributed by atoms with van der Waals surface area (Å²) in [6.07, 6.45) is 2.05. The van der Waals surface area contributed by atoms with E-state index in [0.29, 0.717) is 0 Å². The van der Waals surface area contributed by atoms with Crippen LogP contribution in [0, 0.1) is 5.82 Å². The Balaban J connectivity index is 1.42. The van der Waals surface area contributed by atoms with Crippen molar-refractivity contribution in [3.8, 4) is 10.6 Å². The molecule has 1 aromatic heterocycles. The lowest BCUT2D eigenvalue weighted by Gasteiger charge is -2.25. The van der Waals surface area contributed by atoms with Crippen molar-refractivity contribution in [1.29, 1.82) is 0 Å². The molecule has 144 valence electrons. The average Bonchev–Trinajstić information content (AvgIpc) is 3.17. The van der Waals surface area contributed by atoms with Crippen molar-refractivity contribution in [2.75, 3.05) is 5.75 Å². The fraction of sp³-hybridized carbons (Fsp3) is 0.273. The van der Waals surface area contributed by atoms with Crippen LogP contribution in [0.25, 0.3) is 10.6 Å². The lowest BCUT2D eigenvalue weighted by molar-refractivity contribution is -0.121. The Labute approximate surface area is 172 Å². The highest BCUT2D eigenvalue weighted by Crippen LogP contribution is 2.36. The van der Waals surface area contributed by atoms with Gasteiger partial charge in [-0.15, -0.1) is 23.1 Å². The van der Waals surface area contributed by atoms with Gasteiger partial charge in [0.2, 0.25) is 5.91 Å². The van der Waals surface area contributed by atoms with E-state index in [2.05, 4.69) is 41.5 Å². The number of hydrogen-bond acceptors (Lipinski definition) is 4. The van der Waals surface area contributed by atoms with Crippen LogP contribution in [0.4, 0.5) is 4.39 Å². The number of amides is 1. The van der Waals surface area contributed by atoms with Gasteiger partial charge < -0.3 is 5.32 Å². The van der Waals surface area contributed by atoms with Crippen molar-refractivity contribution in [2.24, 2.45) is 0 Å². The number of carbonyl (C=O) groups excluding carboxylic acids is 1. The van der Waals surface area contributed by atoms with E-state index >= 15 is 0 Å². The van der Waals surface area contributed by atoms with Gasteiger partial charge in [0.05, 0.1) is 18.2 Å². The SMILES string of the molecule is CCc1ccc(-c2nc(CC(=O)NC3CCSc4ccc(F)cc43)cs2)cc1. The molecule has 3 nitrogen and oxygen atoms in total. The van der Waals surface area contributed by atoms with Gasteiger partial charge in [-0.05, 0) is 42.2 Å². The summed E-state index contributed by atoms with van der Waals surface area (Å²) in [6, 6.07) is 13.0. The highest BCUT2D eigenvalue weighted by atomic mass is 32.2. The normalized spacial score (nSPS) is 15.9. The average molecular weight is 413 g/mol. The minimum atomic E-state index is -0.265. The van der Waals surface area contributed by atoms with Gasteiger partial charge in [-0.3, -0.25) is 4.79 Å². The molecule has 0 aliphatic carbocycles. The fourth-order valence-corrected chi connectivity index (χ4v) is 5.26. The largest absolute Gasteiger partial charge is 0.349 e. The molecule has 0 spiro atoms. The van der Waals surface area contributed by atoms with E-state index in [-0.39, 0.29) is 24.2 Å². The lowest BCUT2D eigenvalue weighted by Crippen LogP contribution is -2.31. The number of thiazole rings is 1. The van der Waals surface area contributed by atoms with E-state index in [1.165, 1.54) is 17.7 Å². The number of aryl methyl sites for hydroxylation is 1. The molecule has 4 rings (SSSR count). The van der Waals surface area contributed by atoms with Crippen LogP contribution >= 0.6 is 23.1 Å². The summed E-state index contributed by atoms with van der Waals surface area (Å²) < 4.78 is 13.6. The summed E-state index contributed by atoms with van der Waals surface area (Å²) in [5.74, 6) is 0.571. The standard InChI is InChI=1S/C22H21FN2OS2/c1-2-14-3-5-15(6-4-14)22-24-17(13-28-22)12-21(26)25-19-9-10-27-20-8-7-16(23)11-18(19)20/h3-8,11,13,19H,2,9-10,12H2,1H3,(H,25,26). The first-order valence-electron chi connectivity index (χ1n) is 9.37. The third-order valence-electron chi connectivity index (χ3n) is 4.85. The summed E-state index contributed by atoms with van der Waals surface area (Å²) >= 11 is 3.26. The van der Waals surface area contributed by atoms with E-state index in [1.54, 1.807) is 29.2 Å². The van der Waals surface area contributed by atoms with Gasteiger partial charge in [0.15, 0.2) is 0 Å². The lowest BCUT2D eigenvalue weighted by atomic mass is 10.0. The zero-order valence-electron chi connectivity index (χ0n) is 15.6. The summed E-state index contributed by atoms with van der Waals surface area (Å²) in [6.45, 7) is 2.13. The second-order valence-corrected chi connectivity index (χ2v) is 8.81. The topological polar surface area (TPSA) is 42.0 Å². The van der Waals surface area contributed by atoms with Crippen molar-refractivity contribution >= 4 is 29.0 Å². The highest BCUT2D eigenvalue weighted by molar-refractivity contribution is 7.99. The fourth-order valence-electron chi connectivity index (χ4n) is 3.33. The van der Waals surface area contributed by atoms with E-state index < -0.39 is 0 Å². The second kappa shape index (κ2) is 8.45. The van der Waals surface area contributed by atoms with Crippen LogP contribution in [-0.2, 0) is 17.6 Å². The Kier molecular flexibility index (Phi) is 5.78. The summed E-state index contributed by atoms with van der Waals surface area (Å²) in [4.78, 5) is 18.2. The quantitative estimate of drug-likeness (QED) is 0.609. The molecule has 1 unspecified atom stereocenters. The van der Waals surface area contributed by atoms with Crippen LogP contribution in [0.15, 0.2) is 52.7 Å². The number of nitrogens with one attached hydrogen (secondary N) is 1. The van der Waals surface area contributed by atoms with Crippen LogP contribution in [0.5, 0.6) is 0 Å². The third-order valence-corrected chi connectivity index (χ3v) is 6.91. The van der Waals surface area contributed by atoms with Crippen LogP contribution < -0.4 is 5.32 Å². The maximum absolute atomic E-state index is 13.6. The van der Waals surface area contributed by atoms with E-state index in [0.717, 1.165) is 45.3 Å². The van der Waals surface area contributed by atoms with E-state index in [1.807, 2.05) is 5.38 Å². The number of nitrogens with zero attached hydrogens (tertiary/aromatic N) is 1. The highest BCUT2D eigenvalue weighted by Gasteiger charge is 2.23. The number of carbonyl (C=O) groups is 1. The van der Waals surface area contributed by atoms with Crippen molar-refractivity contribution in [1.82, 2.24) is 10.3 Å². The molecule has 1 atom stereocenters. The zero-order chi connectivity index (χ0) is 19.5. The molecular weight excluding hydrogens is 391 g/mol. The van der Waals surface area contributed by atoms with Crippen LogP contribution in [-0.4, -0.2) is 16.6 Å². The first-order valence-corrected chi connectivity index (χ1v) is 11.2. The first-order chi connectivity index (χ1) is 13.6. The smallest absolute Gasteiger partial charge is 0.226 e. The molecule has 0 radical (unpaired) electrons. The number of halogens is 1. The summed E-state index contributed by atoms with van der Waals surface area (Å²) in [7, 11) is 0. The summed E-state index contributed by atoms with van der Waals surface area (Å²) in [5, 5.41) is 5.92. The molecular formula is C22H21FN2OS2. The molecule has 0 bridgehead atoms. The monoisotopic (exact) mass is 412 g/mol. The molecule has 28 heavy (non-hydrogen) atoms. The molecule has 0 saturated carbocycles. The number of aromatic nitrogens is 1. The van der Waals surface area contributed by atoms with Crippen LogP contribution in [0.2, 0.25) is 0 Å². The van der Waals surface area contributed by atoms with Crippen molar-refractivity contribution < 1.29 is 9.18 Å². The Morgan fingerprint density at radius 1 is 1.25 bits per heavy atom. The Hall–Kier alpha value is -2.18. The number of thioether (sulfide) groups is 1. The van der Waals surface area contributed by atoms with Crippen LogP contribution in [0.1, 0.15) is 36.2 Å². The maximum atomic E-state index is 13.6. The Bertz CT molecular complexity index is 984. The minimum absolute atomic E-state index is 0.0784. The second-order valence-electron chi connectivity index (χ2n) is 6.81. The molecule has 0 saturated heterocycles. The van der Waals surface area contributed by atoms with Crippen molar-refractivity contribution in [2.45, 2.75) is 37.1 Å². The van der Waals surface area contributed by atoms with E-state index in [4.69, 9.17) is 0 Å². The first kappa shape index (κ1) is 19.2. The molecule has 1 aliphatic heterocycles. The zero-order valence-corrected chi connectivity index (χ0v) is 17.2. The molecule has 2 aromatic carbocycles. The van der Waals surface area contributed by atoms with E-state index in [9.17, 15) is 9.18 Å². The van der Waals surface area contributed by atoms with Gasteiger partial charge in [-0.25, -0.2) is 9.37 Å². The predicted octanol–water partition coefficient (Wildman–Crippen LogP) is 5.41. The number of benzene rings is 2. The Morgan fingerprint density at radius 2 is 2.07 bits per heavy atom. The van der Waals surface area contributed by atoms with Gasteiger partial charge >= 0.3 is 0 Å². The molecule has 6 heteroatoms. The number of fused-ring (bicyclic) bond motifs is 1. The van der Waals surface area contributed by atoms with Gasteiger partial charge in [-0.1, -0.05) is 31.2 Å². The van der Waals surface area contributed by atoms with Crippen LogP contribution in [0.3, 0.4) is 0 Å². The molecule has 1 aliphatic rings. The maximum Gasteiger partial charge on any atom is 0.226 e. The van der Waals surface area contributed by atoms with Crippen molar-refractivity contribution in [3.05, 3.63) is 70.5 Å². The number of rotatable bonds is 5. The molecule has 0 fully saturated rings. The van der Waals surface area contributed by atoms with Gasteiger partial charge in [0.25, 0.3) is 0 Å². The molecule has 2 heterocycles. The molecule has 1 N–H and O–H groups in total. The van der Waals surface area contributed by atoms with Gasteiger partial charge in [0, 0.05) is 21.6 Å². The summed E-state index contributed by atoms with van der Waals surface area (Å²) in [5.41, 5.74) is 4.01. The van der Waals surface area contributed by atoms with Crippen molar-refractivity contribution in [3.63, 3.8) is 0 Å². The molecule has 1 amide bonds. The minimum Gasteiger partial charge on any atom is -0.349 e. The molecule has 3 aromatic rings.